The van der Waals surface area contributed by atoms with Crippen LogP contribution < -0.4 is 5.32 Å². The molecule has 5 nitrogen and oxygen atoms in total. The van der Waals surface area contributed by atoms with Gasteiger partial charge in [-0.1, -0.05) is 55.7 Å². The number of benzene rings is 1. The van der Waals surface area contributed by atoms with Gasteiger partial charge in [0.15, 0.2) is 6.04 Å². The Kier molecular flexibility index (Phi) is 8.47. The van der Waals surface area contributed by atoms with E-state index in [9.17, 15) is 9.59 Å². The van der Waals surface area contributed by atoms with E-state index in [1.165, 1.54) is 17.5 Å². The van der Waals surface area contributed by atoms with E-state index in [4.69, 9.17) is 0 Å². The second kappa shape index (κ2) is 11.9. The van der Waals surface area contributed by atoms with Gasteiger partial charge in [0.1, 0.15) is 0 Å². The molecule has 1 aliphatic rings. The molecule has 6 heteroatoms. The molecule has 1 saturated carbocycles. The van der Waals surface area contributed by atoms with Crippen LogP contribution in [0.1, 0.15) is 59.8 Å². The number of rotatable bonds is 9. The number of aromatic nitrogens is 1. The Morgan fingerprint density at radius 3 is 2.56 bits per heavy atom. The molecule has 1 aromatic carbocycles. The van der Waals surface area contributed by atoms with Gasteiger partial charge in [0.05, 0.1) is 12.1 Å². The van der Waals surface area contributed by atoms with Crippen molar-refractivity contribution < 1.29 is 9.59 Å². The van der Waals surface area contributed by atoms with E-state index in [-0.39, 0.29) is 24.3 Å². The Morgan fingerprint density at radius 2 is 1.85 bits per heavy atom. The first-order valence-corrected chi connectivity index (χ1v) is 13.1. The van der Waals surface area contributed by atoms with Gasteiger partial charge in [-0.3, -0.25) is 14.6 Å². The van der Waals surface area contributed by atoms with Crippen molar-refractivity contribution in [1.82, 2.24) is 15.2 Å². The fourth-order valence-corrected chi connectivity index (χ4v) is 5.39. The highest BCUT2D eigenvalue weighted by molar-refractivity contribution is 7.10. The third kappa shape index (κ3) is 6.32. The van der Waals surface area contributed by atoms with Gasteiger partial charge in [-0.2, -0.15) is 0 Å². The predicted molar refractivity (Wildman–Crippen MR) is 137 cm³/mol. The molecule has 0 bridgehead atoms. The molecule has 0 aliphatic heterocycles. The zero-order chi connectivity index (χ0) is 23.8. The monoisotopic (exact) mass is 475 g/mol. The van der Waals surface area contributed by atoms with Crippen LogP contribution in [-0.2, 0) is 22.4 Å². The van der Waals surface area contributed by atoms with E-state index < -0.39 is 6.04 Å². The van der Waals surface area contributed by atoms with Gasteiger partial charge in [-0.25, -0.2) is 0 Å². The van der Waals surface area contributed by atoms with E-state index in [0.717, 1.165) is 30.6 Å². The van der Waals surface area contributed by atoms with Crippen molar-refractivity contribution in [2.45, 2.75) is 64.0 Å². The Hall–Kier alpha value is -2.99. The molecule has 0 radical (unpaired) electrons. The zero-order valence-electron chi connectivity index (χ0n) is 19.8. The van der Waals surface area contributed by atoms with Gasteiger partial charge >= 0.3 is 0 Å². The molecule has 34 heavy (non-hydrogen) atoms. The van der Waals surface area contributed by atoms with Gasteiger partial charge in [0, 0.05) is 23.7 Å². The SMILES string of the molecule is Cc1ccccc1CCN(C(=O)Cc1cccs1)[C@H](C(=O)NC1CCCCC1)c1ccccn1. The van der Waals surface area contributed by atoms with Crippen LogP contribution in [0.4, 0.5) is 0 Å². The first kappa shape index (κ1) is 24.1. The van der Waals surface area contributed by atoms with Gasteiger partial charge in [0.25, 0.3) is 0 Å². The number of hydrogen-bond donors (Lipinski definition) is 1. The number of amides is 2. The second-order valence-electron chi connectivity index (χ2n) is 9.02. The van der Waals surface area contributed by atoms with Crippen LogP contribution in [0, 0.1) is 6.92 Å². The summed E-state index contributed by atoms with van der Waals surface area (Å²) in [6.45, 7) is 2.54. The van der Waals surface area contributed by atoms with Crippen LogP contribution in [0.3, 0.4) is 0 Å². The van der Waals surface area contributed by atoms with Crippen molar-refractivity contribution in [3.05, 3.63) is 87.9 Å². The number of carbonyl (C=O) groups excluding carboxylic acids is 2. The smallest absolute Gasteiger partial charge is 0.249 e. The minimum Gasteiger partial charge on any atom is -0.351 e. The number of aryl methyl sites for hydroxylation is 1. The summed E-state index contributed by atoms with van der Waals surface area (Å²) in [5.41, 5.74) is 2.98. The summed E-state index contributed by atoms with van der Waals surface area (Å²) in [5, 5.41) is 5.23. The maximum Gasteiger partial charge on any atom is 0.249 e. The van der Waals surface area contributed by atoms with Crippen LogP contribution in [-0.4, -0.2) is 34.3 Å². The summed E-state index contributed by atoms with van der Waals surface area (Å²) in [6.07, 6.45) is 8.13. The van der Waals surface area contributed by atoms with Gasteiger partial charge < -0.3 is 10.2 Å². The molecule has 2 heterocycles. The molecule has 0 saturated heterocycles. The number of nitrogens with one attached hydrogen (secondary N) is 1. The molecule has 0 unspecified atom stereocenters. The predicted octanol–water partition coefficient (Wildman–Crippen LogP) is 5.26. The van der Waals surface area contributed by atoms with Crippen LogP contribution in [0.2, 0.25) is 0 Å². The molecular weight excluding hydrogens is 442 g/mol. The highest BCUT2D eigenvalue weighted by Crippen LogP contribution is 2.25. The Labute approximate surface area is 206 Å². The van der Waals surface area contributed by atoms with Crippen LogP contribution in [0.25, 0.3) is 0 Å². The number of nitrogens with zero attached hydrogens (tertiary/aromatic N) is 2. The maximum atomic E-state index is 13.7. The lowest BCUT2D eigenvalue weighted by Gasteiger charge is -2.33. The quantitative estimate of drug-likeness (QED) is 0.459. The van der Waals surface area contributed by atoms with E-state index in [1.54, 1.807) is 22.4 Å². The lowest BCUT2D eigenvalue weighted by Crippen LogP contribution is -2.48. The summed E-state index contributed by atoms with van der Waals surface area (Å²) in [4.78, 5) is 34.6. The summed E-state index contributed by atoms with van der Waals surface area (Å²) in [6, 6.07) is 17.1. The molecule has 1 aliphatic carbocycles. The first-order valence-electron chi connectivity index (χ1n) is 12.2. The maximum absolute atomic E-state index is 13.7. The number of carbonyl (C=O) groups is 2. The third-order valence-electron chi connectivity index (χ3n) is 6.59. The largest absolute Gasteiger partial charge is 0.351 e. The summed E-state index contributed by atoms with van der Waals surface area (Å²) in [7, 11) is 0. The summed E-state index contributed by atoms with van der Waals surface area (Å²) >= 11 is 1.57. The molecule has 1 N–H and O–H groups in total. The second-order valence-corrected chi connectivity index (χ2v) is 10.1. The third-order valence-corrected chi connectivity index (χ3v) is 7.47. The Balaban J connectivity index is 1.63. The fourth-order valence-electron chi connectivity index (χ4n) is 4.69. The van der Waals surface area contributed by atoms with Crippen molar-refractivity contribution in [2.24, 2.45) is 0 Å². The number of thiophene rings is 1. The fraction of sp³-hybridized carbons (Fsp3) is 0.393. The minimum absolute atomic E-state index is 0.0505. The van der Waals surface area contributed by atoms with E-state index in [1.807, 2.05) is 47.8 Å². The van der Waals surface area contributed by atoms with E-state index in [0.29, 0.717) is 18.7 Å². The average Bonchev–Trinajstić information content (AvgIpc) is 3.36. The van der Waals surface area contributed by atoms with Crippen molar-refractivity contribution in [1.29, 1.82) is 0 Å². The lowest BCUT2D eigenvalue weighted by atomic mass is 9.95. The molecule has 2 aromatic heterocycles. The molecule has 2 amide bonds. The Bertz CT molecular complexity index is 1060. The molecule has 178 valence electrons. The van der Waals surface area contributed by atoms with Crippen molar-refractivity contribution in [3.63, 3.8) is 0 Å². The van der Waals surface area contributed by atoms with Crippen LogP contribution in [0.15, 0.2) is 66.2 Å². The van der Waals surface area contributed by atoms with E-state index in [2.05, 4.69) is 29.4 Å². The zero-order valence-corrected chi connectivity index (χ0v) is 20.6. The van der Waals surface area contributed by atoms with Crippen molar-refractivity contribution in [2.75, 3.05) is 6.54 Å². The summed E-state index contributed by atoms with van der Waals surface area (Å²) < 4.78 is 0. The minimum atomic E-state index is -0.750. The molecule has 1 atom stereocenters. The standard InChI is InChI=1S/C28H33N3O2S/c1-21-10-5-6-11-22(21)16-18-31(26(32)20-24-14-9-19-34-24)27(25-15-7-8-17-29-25)28(33)30-23-12-3-2-4-13-23/h5-11,14-15,17,19,23,27H,2-4,12-13,16,18,20H2,1H3,(H,30,33)/t27-/m0/s1. The van der Waals surface area contributed by atoms with Gasteiger partial charge in [-0.15, -0.1) is 11.3 Å². The highest BCUT2D eigenvalue weighted by atomic mass is 32.1. The first-order chi connectivity index (χ1) is 16.6. The van der Waals surface area contributed by atoms with Crippen molar-refractivity contribution in [3.8, 4) is 0 Å². The number of hydrogen-bond acceptors (Lipinski definition) is 4. The topological polar surface area (TPSA) is 62.3 Å². The van der Waals surface area contributed by atoms with Crippen LogP contribution >= 0.6 is 11.3 Å². The summed E-state index contributed by atoms with van der Waals surface area (Å²) in [5.74, 6) is -0.180. The number of pyridine rings is 1. The molecule has 3 aromatic rings. The van der Waals surface area contributed by atoms with Crippen molar-refractivity contribution >= 4 is 23.2 Å². The normalized spacial score (nSPS) is 15.0. The van der Waals surface area contributed by atoms with Crippen LogP contribution in [0.5, 0.6) is 0 Å². The highest BCUT2D eigenvalue weighted by Gasteiger charge is 2.33. The van der Waals surface area contributed by atoms with Gasteiger partial charge in [0.2, 0.25) is 11.8 Å². The van der Waals surface area contributed by atoms with E-state index >= 15 is 0 Å². The molecular formula is C28H33N3O2S. The van der Waals surface area contributed by atoms with Gasteiger partial charge in [-0.05, 0) is 60.9 Å². The average molecular weight is 476 g/mol. The lowest BCUT2D eigenvalue weighted by molar-refractivity contribution is -0.141. The Morgan fingerprint density at radius 1 is 1.06 bits per heavy atom. The molecule has 1 fully saturated rings. The molecule has 4 rings (SSSR count). The molecule has 0 spiro atoms.